The zero-order valence-electron chi connectivity index (χ0n) is 11.8. The summed E-state index contributed by atoms with van der Waals surface area (Å²) in [6.45, 7) is 5.27. The van der Waals surface area contributed by atoms with Crippen LogP contribution < -0.4 is 5.32 Å². The lowest BCUT2D eigenvalue weighted by Crippen LogP contribution is -2.45. The van der Waals surface area contributed by atoms with Crippen LogP contribution in [0.25, 0.3) is 0 Å². The molecular formula is C15H20N3O2-. The number of carbonyl (C=O) groups excluding carboxylic acids is 1. The highest BCUT2D eigenvalue weighted by atomic mass is 16.7. The molecule has 0 aromatic carbocycles. The highest BCUT2D eigenvalue weighted by Gasteiger charge is 2.31. The van der Waals surface area contributed by atoms with Crippen LogP contribution in [0.1, 0.15) is 26.2 Å². The first-order valence-corrected chi connectivity index (χ1v) is 7.04. The van der Waals surface area contributed by atoms with Crippen molar-refractivity contribution >= 4 is 5.91 Å². The zero-order chi connectivity index (χ0) is 14.4. The van der Waals surface area contributed by atoms with E-state index in [0.717, 1.165) is 45.4 Å². The Morgan fingerprint density at radius 3 is 2.70 bits per heavy atom. The number of likely N-dealkylation sites (tertiary alicyclic amines) is 1. The molecule has 1 atom stereocenters. The molecule has 2 heterocycles. The van der Waals surface area contributed by atoms with Gasteiger partial charge in [0.1, 0.15) is 0 Å². The van der Waals surface area contributed by atoms with E-state index in [4.69, 9.17) is 11.3 Å². The van der Waals surface area contributed by atoms with Crippen LogP contribution in [-0.2, 0) is 9.63 Å². The Morgan fingerprint density at radius 2 is 2.05 bits per heavy atom. The van der Waals surface area contributed by atoms with Crippen LogP contribution in [0.5, 0.6) is 0 Å². The average molecular weight is 274 g/mol. The van der Waals surface area contributed by atoms with E-state index in [1.807, 2.05) is 11.0 Å². The van der Waals surface area contributed by atoms with Gasteiger partial charge in [-0.3, -0.25) is 15.6 Å². The van der Waals surface area contributed by atoms with Gasteiger partial charge < -0.3 is 16.6 Å². The predicted molar refractivity (Wildman–Crippen MR) is 74.4 cm³/mol. The van der Waals surface area contributed by atoms with E-state index < -0.39 is 0 Å². The van der Waals surface area contributed by atoms with Crippen molar-refractivity contribution in [1.29, 1.82) is 0 Å². The number of hydrogen-bond acceptors (Lipinski definition) is 4. The summed E-state index contributed by atoms with van der Waals surface area (Å²) in [5.41, 5.74) is 0. The van der Waals surface area contributed by atoms with Crippen LogP contribution in [0.3, 0.4) is 0 Å². The molecule has 108 valence electrons. The predicted octanol–water partition coefficient (Wildman–Crippen LogP) is 0.143. The Bertz CT molecular complexity index is 438. The van der Waals surface area contributed by atoms with Gasteiger partial charge in [-0.05, 0) is 19.3 Å². The van der Waals surface area contributed by atoms with Gasteiger partial charge in [-0.1, -0.05) is 0 Å². The number of hydroxylamine groups is 2. The third-order valence-corrected chi connectivity index (χ3v) is 3.86. The molecule has 0 spiro atoms. The monoisotopic (exact) mass is 274 g/mol. The van der Waals surface area contributed by atoms with E-state index in [-0.39, 0.29) is 5.91 Å². The second-order valence-corrected chi connectivity index (χ2v) is 5.28. The van der Waals surface area contributed by atoms with Crippen molar-refractivity contribution in [2.45, 2.75) is 38.3 Å². The van der Waals surface area contributed by atoms with Crippen LogP contribution in [0, 0.1) is 24.4 Å². The molecule has 1 N–H and O–H groups in total. The van der Waals surface area contributed by atoms with Crippen LogP contribution in [0.4, 0.5) is 0 Å². The van der Waals surface area contributed by atoms with Crippen molar-refractivity contribution in [3.8, 4) is 17.9 Å². The number of nitrogens with one attached hydrogen (secondary N) is 1. The minimum atomic E-state index is 0.0571. The van der Waals surface area contributed by atoms with Crippen molar-refractivity contribution < 1.29 is 9.63 Å². The Hall–Kier alpha value is -1.69. The fraction of sp³-hybridized carbons (Fsp3) is 0.667. The van der Waals surface area contributed by atoms with Crippen molar-refractivity contribution in [1.82, 2.24) is 15.3 Å². The first kappa shape index (κ1) is 14.7. The highest BCUT2D eigenvalue weighted by molar-refractivity contribution is 5.73. The maximum atomic E-state index is 11.1. The molecule has 20 heavy (non-hydrogen) atoms. The molecule has 2 aliphatic rings. The first-order chi connectivity index (χ1) is 9.69. The number of piperidine rings is 1. The maximum absolute atomic E-state index is 11.1. The van der Waals surface area contributed by atoms with E-state index in [1.165, 1.54) is 0 Å². The van der Waals surface area contributed by atoms with Gasteiger partial charge in [0.2, 0.25) is 5.91 Å². The van der Waals surface area contributed by atoms with E-state index >= 15 is 0 Å². The van der Waals surface area contributed by atoms with Crippen molar-refractivity contribution in [3.63, 3.8) is 0 Å². The quantitative estimate of drug-likeness (QED) is 0.587. The van der Waals surface area contributed by atoms with Gasteiger partial charge in [0.15, 0.2) is 0 Å². The van der Waals surface area contributed by atoms with E-state index in [9.17, 15) is 4.79 Å². The van der Waals surface area contributed by atoms with Gasteiger partial charge in [-0.15, -0.1) is 5.06 Å². The largest absolute Gasteiger partial charge is 0.374 e. The van der Waals surface area contributed by atoms with Crippen molar-refractivity contribution in [3.05, 3.63) is 6.42 Å². The number of carbonyl (C=O) groups is 1. The molecule has 0 aliphatic carbocycles. The third kappa shape index (κ3) is 4.16. The summed E-state index contributed by atoms with van der Waals surface area (Å²) in [6.07, 6.45) is 12.2. The van der Waals surface area contributed by atoms with Gasteiger partial charge in [-0.25, -0.2) is 5.92 Å². The van der Waals surface area contributed by atoms with E-state index in [2.05, 4.69) is 22.2 Å². The fourth-order valence-electron chi connectivity index (χ4n) is 2.94. The molecule has 1 amide bonds. The molecule has 2 saturated heterocycles. The van der Waals surface area contributed by atoms with Gasteiger partial charge >= 0.3 is 0 Å². The summed E-state index contributed by atoms with van der Waals surface area (Å²) >= 11 is 0. The lowest BCUT2D eigenvalue weighted by Gasteiger charge is -2.35. The van der Waals surface area contributed by atoms with Crippen LogP contribution in [-0.4, -0.2) is 54.1 Å². The lowest BCUT2D eigenvalue weighted by atomic mass is 10.1. The number of amides is 1. The molecule has 2 fully saturated rings. The topological polar surface area (TPSA) is 44.8 Å². The Morgan fingerprint density at radius 1 is 1.30 bits per heavy atom. The van der Waals surface area contributed by atoms with Gasteiger partial charge in [0.05, 0.1) is 0 Å². The highest BCUT2D eigenvalue weighted by Crippen LogP contribution is 2.21. The molecule has 0 bridgehead atoms. The maximum Gasteiger partial charge on any atom is 0.217 e. The summed E-state index contributed by atoms with van der Waals surface area (Å²) in [5, 5.41) is 4.83. The van der Waals surface area contributed by atoms with Gasteiger partial charge in [-0.2, -0.15) is 0 Å². The first-order valence-electron chi connectivity index (χ1n) is 7.04. The second kappa shape index (κ2) is 7.19. The Balaban J connectivity index is 1.72. The van der Waals surface area contributed by atoms with Gasteiger partial charge in [0, 0.05) is 51.3 Å². The number of rotatable bonds is 3. The van der Waals surface area contributed by atoms with Crippen LogP contribution in [0.15, 0.2) is 0 Å². The SMILES string of the molecule is [C-]#CC#CON1CCC(N2CCC(NC(C)=O)C2)CC1. The summed E-state index contributed by atoms with van der Waals surface area (Å²) < 4.78 is 0. The summed E-state index contributed by atoms with van der Waals surface area (Å²) in [6, 6.07) is 0.867. The molecule has 2 rings (SSSR count). The van der Waals surface area contributed by atoms with E-state index in [1.54, 1.807) is 6.92 Å². The minimum Gasteiger partial charge on any atom is -0.374 e. The van der Waals surface area contributed by atoms with Crippen molar-refractivity contribution in [2.75, 3.05) is 26.2 Å². The normalized spacial score (nSPS) is 24.5. The van der Waals surface area contributed by atoms with Crippen LogP contribution in [0.2, 0.25) is 0 Å². The molecule has 0 radical (unpaired) electrons. The molecule has 5 heteroatoms. The number of hydrogen-bond donors (Lipinski definition) is 1. The molecule has 0 aromatic rings. The number of nitrogens with zero attached hydrogens (tertiary/aromatic N) is 2. The molecule has 2 aliphatic heterocycles. The third-order valence-electron chi connectivity index (χ3n) is 3.86. The van der Waals surface area contributed by atoms with Crippen LogP contribution >= 0.6 is 0 Å². The zero-order valence-corrected chi connectivity index (χ0v) is 11.8. The minimum absolute atomic E-state index is 0.0571. The standard InChI is InChI=1S/C15H20N3O2/c1-3-4-11-20-18-9-6-15(7-10-18)17-8-5-14(12-17)16-13(2)19/h14-15H,5-10,12H2,2H3,(H,16,19)/q-1. The molecule has 0 saturated carbocycles. The fourth-order valence-corrected chi connectivity index (χ4v) is 2.94. The molecule has 5 nitrogen and oxygen atoms in total. The van der Waals surface area contributed by atoms with Crippen molar-refractivity contribution in [2.24, 2.45) is 0 Å². The van der Waals surface area contributed by atoms with Gasteiger partial charge in [0.25, 0.3) is 0 Å². The molecular weight excluding hydrogens is 254 g/mol. The molecule has 1 unspecified atom stereocenters. The Labute approximate surface area is 120 Å². The smallest absolute Gasteiger partial charge is 0.217 e. The lowest BCUT2D eigenvalue weighted by molar-refractivity contribution is -0.119. The average Bonchev–Trinajstić information content (AvgIpc) is 2.87. The summed E-state index contributed by atoms with van der Waals surface area (Å²) in [5.74, 6) is 4.37. The summed E-state index contributed by atoms with van der Waals surface area (Å²) in [4.78, 5) is 18.8. The Kier molecular flexibility index (Phi) is 5.29. The second-order valence-electron chi connectivity index (χ2n) is 5.28. The van der Waals surface area contributed by atoms with E-state index in [0.29, 0.717) is 12.1 Å². The molecule has 0 aromatic heterocycles. The summed E-state index contributed by atoms with van der Waals surface area (Å²) in [7, 11) is 0.